The molecule has 0 unspecified atom stereocenters. The predicted molar refractivity (Wildman–Crippen MR) is 78.8 cm³/mol. The molecule has 3 rings (SSSR count). The summed E-state index contributed by atoms with van der Waals surface area (Å²) in [7, 11) is 0. The van der Waals surface area contributed by atoms with Gasteiger partial charge in [0.25, 0.3) is 0 Å². The Hall–Kier alpha value is -3.06. The number of para-hydroxylation sites is 2. The average Bonchev–Trinajstić information content (AvgIpc) is 2.54. The number of anilines is 1. The van der Waals surface area contributed by atoms with Crippen LogP contribution in [0.25, 0.3) is 0 Å². The zero-order valence-corrected chi connectivity index (χ0v) is 11.2. The number of benzene rings is 2. The molecule has 1 aliphatic heterocycles. The molecule has 0 atom stereocenters. The molecule has 1 aliphatic rings. The van der Waals surface area contributed by atoms with E-state index in [1.807, 2.05) is 36.4 Å². The molecule has 4 heteroatoms. The molecule has 1 heterocycles. The van der Waals surface area contributed by atoms with E-state index in [0.29, 0.717) is 17.9 Å². The van der Waals surface area contributed by atoms with E-state index in [-0.39, 0.29) is 5.70 Å². The van der Waals surface area contributed by atoms with Crippen LogP contribution >= 0.6 is 0 Å². The fourth-order valence-corrected chi connectivity index (χ4v) is 2.26. The van der Waals surface area contributed by atoms with Crippen molar-refractivity contribution in [3.05, 3.63) is 71.9 Å². The molecule has 0 saturated heterocycles. The summed E-state index contributed by atoms with van der Waals surface area (Å²) in [5.41, 5.74) is 1.97. The van der Waals surface area contributed by atoms with Crippen LogP contribution in [0.3, 0.4) is 0 Å². The Morgan fingerprint density at radius 1 is 1.10 bits per heavy atom. The second-order valence-electron chi connectivity index (χ2n) is 4.55. The van der Waals surface area contributed by atoms with Crippen LogP contribution < -0.4 is 9.64 Å². The number of hydrogen-bond acceptors (Lipinski definition) is 3. The maximum Gasteiger partial charge on any atom is 0.425 e. The molecule has 2 aromatic carbocycles. The van der Waals surface area contributed by atoms with Crippen molar-refractivity contribution in [1.82, 2.24) is 0 Å². The van der Waals surface area contributed by atoms with Crippen molar-refractivity contribution in [2.45, 2.75) is 6.42 Å². The van der Waals surface area contributed by atoms with E-state index in [1.54, 1.807) is 30.3 Å². The summed E-state index contributed by atoms with van der Waals surface area (Å²) in [6.07, 6.45) is 1.78. The van der Waals surface area contributed by atoms with E-state index in [1.165, 1.54) is 4.90 Å². The number of carbonyl (C=O) groups is 1. The van der Waals surface area contributed by atoms with Crippen LogP contribution in [0.2, 0.25) is 0 Å². The van der Waals surface area contributed by atoms with Crippen molar-refractivity contribution in [3.63, 3.8) is 0 Å². The first-order valence-electron chi connectivity index (χ1n) is 6.55. The Balaban J connectivity index is 1.94. The minimum absolute atomic E-state index is 0.287. The molecule has 0 fully saturated rings. The zero-order chi connectivity index (χ0) is 14.7. The highest BCUT2D eigenvalue weighted by Crippen LogP contribution is 2.30. The molecule has 2 aromatic rings. The highest BCUT2D eigenvalue weighted by molar-refractivity contribution is 5.95. The number of nitrogens with zero attached hydrogens (tertiary/aromatic N) is 2. The molecule has 0 spiro atoms. The van der Waals surface area contributed by atoms with Crippen molar-refractivity contribution < 1.29 is 9.53 Å². The summed E-state index contributed by atoms with van der Waals surface area (Å²) in [4.78, 5) is 13.7. The van der Waals surface area contributed by atoms with Crippen molar-refractivity contribution in [1.29, 1.82) is 5.26 Å². The van der Waals surface area contributed by atoms with Gasteiger partial charge < -0.3 is 4.74 Å². The van der Waals surface area contributed by atoms with Crippen LogP contribution in [0.1, 0.15) is 5.56 Å². The Labute approximate surface area is 122 Å². The number of carbonyl (C=O) groups excluding carboxylic acids is 1. The van der Waals surface area contributed by atoms with E-state index >= 15 is 0 Å². The van der Waals surface area contributed by atoms with Crippen molar-refractivity contribution >= 4 is 11.8 Å². The summed E-state index contributed by atoms with van der Waals surface area (Å²) in [6, 6.07) is 18.3. The first-order chi connectivity index (χ1) is 10.3. The van der Waals surface area contributed by atoms with Crippen LogP contribution in [0.4, 0.5) is 10.5 Å². The maximum absolute atomic E-state index is 12.4. The topological polar surface area (TPSA) is 53.3 Å². The average molecular weight is 276 g/mol. The molecule has 4 nitrogen and oxygen atoms in total. The smallest absolute Gasteiger partial charge is 0.410 e. The van der Waals surface area contributed by atoms with Gasteiger partial charge in [0.1, 0.15) is 17.5 Å². The molecule has 0 aliphatic carbocycles. The molecule has 0 radical (unpaired) electrons. The Morgan fingerprint density at radius 2 is 1.81 bits per heavy atom. The highest BCUT2D eigenvalue weighted by atomic mass is 16.6. The van der Waals surface area contributed by atoms with Gasteiger partial charge in [0.15, 0.2) is 0 Å². The summed E-state index contributed by atoms with van der Waals surface area (Å²) < 4.78 is 5.34. The lowest BCUT2D eigenvalue weighted by Gasteiger charge is -2.26. The van der Waals surface area contributed by atoms with E-state index in [4.69, 9.17) is 4.74 Å². The van der Waals surface area contributed by atoms with Crippen molar-refractivity contribution in [2.24, 2.45) is 0 Å². The first kappa shape index (κ1) is 12.9. The third-order valence-electron chi connectivity index (χ3n) is 3.23. The van der Waals surface area contributed by atoms with Crippen molar-refractivity contribution in [3.8, 4) is 11.8 Å². The minimum atomic E-state index is -0.582. The lowest BCUT2D eigenvalue weighted by molar-refractivity contribution is 0.209. The lowest BCUT2D eigenvalue weighted by atomic mass is 10.0. The van der Waals surface area contributed by atoms with Gasteiger partial charge in [0, 0.05) is 0 Å². The van der Waals surface area contributed by atoms with E-state index in [2.05, 4.69) is 0 Å². The number of allylic oxidation sites excluding steroid dienone is 2. The van der Waals surface area contributed by atoms with Gasteiger partial charge in [-0.15, -0.1) is 0 Å². The van der Waals surface area contributed by atoms with Crippen LogP contribution in [0.5, 0.6) is 5.75 Å². The summed E-state index contributed by atoms with van der Waals surface area (Å²) in [5, 5.41) is 9.23. The van der Waals surface area contributed by atoms with Crippen LogP contribution in [0.15, 0.2) is 66.4 Å². The molecular weight excluding hydrogens is 264 g/mol. The van der Waals surface area contributed by atoms with E-state index in [9.17, 15) is 10.1 Å². The van der Waals surface area contributed by atoms with Gasteiger partial charge in [-0.05, 0) is 36.3 Å². The number of amides is 1. The summed E-state index contributed by atoms with van der Waals surface area (Å²) >= 11 is 0. The van der Waals surface area contributed by atoms with Gasteiger partial charge in [0.05, 0.1) is 5.69 Å². The number of rotatable bonds is 1. The third kappa shape index (κ3) is 2.49. The van der Waals surface area contributed by atoms with Gasteiger partial charge in [-0.2, -0.15) is 5.26 Å². The second-order valence-corrected chi connectivity index (χ2v) is 4.55. The number of nitriles is 1. The minimum Gasteiger partial charge on any atom is -0.410 e. The molecule has 0 bridgehead atoms. The molecule has 21 heavy (non-hydrogen) atoms. The number of hydrogen-bond donors (Lipinski definition) is 0. The molecule has 0 saturated carbocycles. The molecule has 0 N–H and O–H groups in total. The van der Waals surface area contributed by atoms with Crippen LogP contribution in [-0.4, -0.2) is 6.09 Å². The fourth-order valence-electron chi connectivity index (χ4n) is 2.26. The Bertz CT molecular complexity index is 745. The van der Waals surface area contributed by atoms with Crippen molar-refractivity contribution in [2.75, 3.05) is 4.90 Å². The predicted octanol–water partition coefficient (Wildman–Crippen LogP) is 3.66. The van der Waals surface area contributed by atoms with Gasteiger partial charge in [0.2, 0.25) is 0 Å². The second kappa shape index (κ2) is 5.51. The molecule has 0 aromatic heterocycles. The summed E-state index contributed by atoms with van der Waals surface area (Å²) in [5.74, 6) is 0.447. The number of fused-ring (bicyclic) bond motifs is 1. The quantitative estimate of drug-likeness (QED) is 0.798. The van der Waals surface area contributed by atoms with Crippen LogP contribution in [-0.2, 0) is 6.42 Å². The SMILES string of the molecule is N#CC1=CCc2ccccc2N1C(=O)Oc1ccccc1. The number of ether oxygens (including phenoxy) is 1. The maximum atomic E-state index is 12.4. The van der Waals surface area contributed by atoms with Gasteiger partial charge >= 0.3 is 6.09 Å². The Morgan fingerprint density at radius 3 is 2.57 bits per heavy atom. The molecular formula is C17H12N2O2. The highest BCUT2D eigenvalue weighted by Gasteiger charge is 2.27. The van der Waals surface area contributed by atoms with Gasteiger partial charge in [-0.3, -0.25) is 0 Å². The van der Waals surface area contributed by atoms with Crippen LogP contribution in [0, 0.1) is 11.3 Å². The zero-order valence-electron chi connectivity index (χ0n) is 11.2. The van der Waals surface area contributed by atoms with E-state index < -0.39 is 6.09 Å². The fraction of sp³-hybridized carbons (Fsp3) is 0.0588. The van der Waals surface area contributed by atoms with Gasteiger partial charge in [-0.25, -0.2) is 9.69 Å². The standard InChI is InChI=1S/C17H12N2O2/c18-12-14-11-10-13-6-4-5-9-16(13)19(14)17(20)21-15-7-2-1-3-8-15/h1-9,11H,10H2. The van der Waals surface area contributed by atoms with Gasteiger partial charge in [-0.1, -0.05) is 36.4 Å². The summed E-state index contributed by atoms with van der Waals surface area (Å²) in [6.45, 7) is 0. The molecule has 1 amide bonds. The van der Waals surface area contributed by atoms with E-state index in [0.717, 1.165) is 5.56 Å². The normalized spacial score (nSPS) is 12.9. The Kier molecular flexibility index (Phi) is 3.40. The monoisotopic (exact) mass is 276 g/mol. The first-order valence-corrected chi connectivity index (χ1v) is 6.55. The molecule has 102 valence electrons. The lowest BCUT2D eigenvalue weighted by Crippen LogP contribution is -2.34. The largest absolute Gasteiger partial charge is 0.425 e. The third-order valence-corrected chi connectivity index (χ3v) is 3.23.